The molecule has 0 aromatic heterocycles. The smallest absolute Gasteiger partial charge is 0.325 e. The number of rotatable bonds is 2. The summed E-state index contributed by atoms with van der Waals surface area (Å²) in [5.41, 5.74) is 0.847. The Balaban J connectivity index is 2.94. The van der Waals surface area contributed by atoms with Crippen molar-refractivity contribution in [3.05, 3.63) is 40.6 Å². The van der Waals surface area contributed by atoms with Gasteiger partial charge >= 0.3 is 6.03 Å². The van der Waals surface area contributed by atoms with Gasteiger partial charge in [0.15, 0.2) is 0 Å². The lowest BCUT2D eigenvalue weighted by Crippen LogP contribution is -2.33. The van der Waals surface area contributed by atoms with Crippen LogP contribution in [0.1, 0.15) is 0 Å². The standard InChI is InChI=1S/C10H11IN2O/c1-12-10(14)13(8-7-11)9-5-3-2-4-6-9/h2-8H,1H3,(H,12,14)/b8-7-. The highest BCUT2D eigenvalue weighted by Gasteiger charge is 2.09. The molecule has 0 fully saturated rings. The number of para-hydroxylation sites is 1. The van der Waals surface area contributed by atoms with Crippen molar-refractivity contribution in [2.24, 2.45) is 0 Å². The zero-order valence-corrected chi connectivity index (χ0v) is 9.93. The van der Waals surface area contributed by atoms with Crippen molar-refractivity contribution >= 4 is 34.3 Å². The molecule has 0 atom stereocenters. The van der Waals surface area contributed by atoms with Gasteiger partial charge in [0, 0.05) is 13.2 Å². The minimum absolute atomic E-state index is 0.149. The molecule has 74 valence electrons. The second kappa shape index (κ2) is 5.64. The molecule has 0 unspecified atom stereocenters. The normalized spacial score (nSPS) is 10.1. The summed E-state index contributed by atoms with van der Waals surface area (Å²) in [5.74, 6) is 0. The van der Waals surface area contributed by atoms with E-state index in [4.69, 9.17) is 0 Å². The van der Waals surface area contributed by atoms with Crippen LogP contribution in [0.3, 0.4) is 0 Å². The fourth-order valence-corrected chi connectivity index (χ4v) is 1.36. The van der Waals surface area contributed by atoms with Gasteiger partial charge in [-0.1, -0.05) is 40.8 Å². The molecule has 0 heterocycles. The highest BCUT2D eigenvalue weighted by atomic mass is 127. The zero-order valence-electron chi connectivity index (χ0n) is 7.77. The van der Waals surface area contributed by atoms with Gasteiger partial charge in [-0.05, 0) is 16.2 Å². The maximum absolute atomic E-state index is 11.5. The van der Waals surface area contributed by atoms with Crippen LogP contribution in [-0.2, 0) is 0 Å². The third kappa shape index (κ3) is 2.73. The topological polar surface area (TPSA) is 32.3 Å². The molecular weight excluding hydrogens is 291 g/mol. The Kier molecular flexibility index (Phi) is 4.45. The second-order valence-corrected chi connectivity index (χ2v) is 3.25. The molecule has 3 nitrogen and oxygen atoms in total. The molecule has 0 aliphatic rings. The summed E-state index contributed by atoms with van der Waals surface area (Å²) in [5, 5.41) is 2.58. The van der Waals surface area contributed by atoms with Gasteiger partial charge in [0.25, 0.3) is 0 Å². The lowest BCUT2D eigenvalue weighted by atomic mass is 10.3. The Morgan fingerprint density at radius 1 is 1.43 bits per heavy atom. The summed E-state index contributed by atoms with van der Waals surface area (Å²) in [6, 6.07) is 9.32. The first-order chi connectivity index (χ1) is 6.79. The van der Waals surface area contributed by atoms with Gasteiger partial charge in [0.2, 0.25) is 0 Å². The lowest BCUT2D eigenvalue weighted by Gasteiger charge is -2.17. The van der Waals surface area contributed by atoms with Gasteiger partial charge in [-0.25, -0.2) is 4.79 Å². The zero-order chi connectivity index (χ0) is 10.4. The molecule has 0 saturated carbocycles. The van der Waals surface area contributed by atoms with E-state index in [0.29, 0.717) is 0 Å². The first-order valence-electron chi connectivity index (χ1n) is 4.12. The van der Waals surface area contributed by atoms with Gasteiger partial charge in [-0.15, -0.1) is 0 Å². The fraction of sp³-hybridized carbons (Fsp3) is 0.100. The van der Waals surface area contributed by atoms with Gasteiger partial charge in [-0.3, -0.25) is 4.90 Å². The van der Waals surface area contributed by atoms with Gasteiger partial charge in [-0.2, -0.15) is 0 Å². The number of carbonyl (C=O) groups excluding carboxylic acids is 1. The van der Waals surface area contributed by atoms with Crippen LogP contribution in [0.25, 0.3) is 0 Å². The van der Waals surface area contributed by atoms with E-state index in [-0.39, 0.29) is 6.03 Å². The highest BCUT2D eigenvalue weighted by Crippen LogP contribution is 2.14. The number of amides is 2. The molecule has 4 heteroatoms. The van der Waals surface area contributed by atoms with E-state index in [1.54, 1.807) is 22.2 Å². The van der Waals surface area contributed by atoms with E-state index in [1.807, 2.05) is 30.3 Å². The summed E-state index contributed by atoms with van der Waals surface area (Å²) in [7, 11) is 1.61. The SMILES string of the molecule is CNC(=O)N(/C=C\I)c1ccccc1. The Labute approximate surface area is 96.9 Å². The van der Waals surface area contributed by atoms with Crippen molar-refractivity contribution in [2.45, 2.75) is 0 Å². The van der Waals surface area contributed by atoms with Crippen LogP contribution in [0.4, 0.5) is 10.5 Å². The maximum Gasteiger partial charge on any atom is 0.325 e. The van der Waals surface area contributed by atoms with Crippen LogP contribution in [0.15, 0.2) is 40.6 Å². The molecule has 0 radical (unpaired) electrons. The Hall–Kier alpha value is -1.04. The van der Waals surface area contributed by atoms with E-state index < -0.39 is 0 Å². The summed E-state index contributed by atoms with van der Waals surface area (Å²) < 4.78 is 1.79. The Morgan fingerprint density at radius 2 is 2.07 bits per heavy atom. The van der Waals surface area contributed by atoms with E-state index in [0.717, 1.165) is 5.69 Å². The number of urea groups is 1. The fourth-order valence-electron chi connectivity index (χ4n) is 1.04. The first-order valence-corrected chi connectivity index (χ1v) is 5.37. The average Bonchev–Trinajstić information content (AvgIpc) is 2.26. The largest absolute Gasteiger partial charge is 0.340 e. The molecule has 2 amide bonds. The van der Waals surface area contributed by atoms with Gasteiger partial charge < -0.3 is 5.32 Å². The molecule has 1 rings (SSSR count). The van der Waals surface area contributed by atoms with Crippen molar-refractivity contribution in [1.82, 2.24) is 5.32 Å². The van der Waals surface area contributed by atoms with E-state index >= 15 is 0 Å². The molecule has 1 aromatic carbocycles. The van der Waals surface area contributed by atoms with Crippen LogP contribution in [-0.4, -0.2) is 13.1 Å². The second-order valence-electron chi connectivity index (χ2n) is 2.54. The van der Waals surface area contributed by atoms with Crippen LogP contribution >= 0.6 is 22.6 Å². The van der Waals surface area contributed by atoms with Crippen molar-refractivity contribution in [3.8, 4) is 0 Å². The Bertz CT molecular complexity index is 324. The third-order valence-electron chi connectivity index (χ3n) is 1.67. The first kappa shape index (κ1) is 11.0. The lowest BCUT2D eigenvalue weighted by molar-refractivity contribution is 0.250. The minimum Gasteiger partial charge on any atom is -0.340 e. The van der Waals surface area contributed by atoms with Crippen LogP contribution in [0.2, 0.25) is 0 Å². The molecule has 1 aromatic rings. The summed E-state index contributed by atoms with van der Waals surface area (Å²) >= 11 is 2.08. The molecule has 0 spiro atoms. The summed E-state index contributed by atoms with van der Waals surface area (Å²) in [4.78, 5) is 13.0. The predicted octanol–water partition coefficient (Wildman–Crippen LogP) is 2.74. The monoisotopic (exact) mass is 302 g/mol. The number of halogens is 1. The van der Waals surface area contributed by atoms with E-state index in [2.05, 4.69) is 27.9 Å². The van der Waals surface area contributed by atoms with Crippen molar-refractivity contribution in [1.29, 1.82) is 0 Å². The quantitative estimate of drug-likeness (QED) is 0.837. The molecule has 0 aliphatic carbocycles. The summed E-state index contributed by atoms with van der Waals surface area (Å²) in [6.07, 6.45) is 1.72. The summed E-state index contributed by atoms with van der Waals surface area (Å²) in [6.45, 7) is 0. The number of hydrogen-bond donors (Lipinski definition) is 1. The van der Waals surface area contributed by atoms with Crippen LogP contribution in [0.5, 0.6) is 0 Å². The van der Waals surface area contributed by atoms with Crippen LogP contribution in [0, 0.1) is 0 Å². The van der Waals surface area contributed by atoms with Crippen molar-refractivity contribution < 1.29 is 4.79 Å². The molecular formula is C10H11IN2O. The highest BCUT2D eigenvalue weighted by molar-refractivity contribution is 14.1. The predicted molar refractivity (Wildman–Crippen MR) is 66.5 cm³/mol. The minimum atomic E-state index is -0.149. The number of carbonyl (C=O) groups is 1. The molecule has 0 bridgehead atoms. The average molecular weight is 302 g/mol. The van der Waals surface area contributed by atoms with Crippen molar-refractivity contribution in [2.75, 3.05) is 11.9 Å². The van der Waals surface area contributed by atoms with E-state index in [9.17, 15) is 4.79 Å². The van der Waals surface area contributed by atoms with Gasteiger partial charge in [0.1, 0.15) is 0 Å². The van der Waals surface area contributed by atoms with Crippen molar-refractivity contribution in [3.63, 3.8) is 0 Å². The number of anilines is 1. The van der Waals surface area contributed by atoms with Gasteiger partial charge in [0.05, 0.1) is 5.69 Å². The molecule has 1 N–H and O–H groups in total. The molecule has 14 heavy (non-hydrogen) atoms. The third-order valence-corrected chi connectivity index (χ3v) is 1.99. The molecule has 0 aliphatic heterocycles. The number of nitrogens with one attached hydrogen (secondary N) is 1. The number of hydrogen-bond acceptors (Lipinski definition) is 1. The van der Waals surface area contributed by atoms with Crippen LogP contribution < -0.4 is 10.2 Å². The maximum atomic E-state index is 11.5. The number of benzene rings is 1. The number of nitrogens with zero attached hydrogens (tertiary/aromatic N) is 1. The van der Waals surface area contributed by atoms with E-state index in [1.165, 1.54) is 0 Å². The Morgan fingerprint density at radius 3 is 2.57 bits per heavy atom. The molecule has 0 saturated heterocycles.